The van der Waals surface area contributed by atoms with Crippen LogP contribution in [0.5, 0.6) is 0 Å². The number of hydrogen-bond acceptors (Lipinski definition) is 6. The Labute approximate surface area is 185 Å². The number of carbonyl (C=O) groups excluding carboxylic acids is 2. The Bertz CT molecular complexity index is 440. The van der Waals surface area contributed by atoms with Crippen LogP contribution in [0.15, 0.2) is 12.2 Å². The first-order chi connectivity index (χ1) is 14.4. The average Bonchev–Trinajstić information content (AvgIpc) is 2.75. The molecule has 0 aromatic heterocycles. The van der Waals surface area contributed by atoms with Gasteiger partial charge in [0.15, 0.2) is 0 Å². The third-order valence-corrected chi connectivity index (χ3v) is 5.47. The van der Waals surface area contributed by atoms with Crippen molar-refractivity contribution < 1.29 is 19.1 Å². The first-order valence-electron chi connectivity index (χ1n) is 11.9. The second-order valence-electron chi connectivity index (χ2n) is 7.96. The number of esters is 2. The SMILES string of the molecule is CCCN(CCCOC(=O)/C=C\C(=O)OCCCN(CCC)C(C)CC)C(C)CC. The monoisotopic (exact) mass is 426 g/mol. The number of hydrogen-bond donors (Lipinski definition) is 0. The van der Waals surface area contributed by atoms with Gasteiger partial charge in [0.1, 0.15) is 0 Å². The molecule has 0 aromatic carbocycles. The maximum atomic E-state index is 11.8. The second-order valence-corrected chi connectivity index (χ2v) is 7.96. The number of carbonyl (C=O) groups is 2. The Balaban J connectivity index is 4.03. The Kier molecular flexibility index (Phi) is 17.5. The molecule has 0 N–H and O–H groups in total. The van der Waals surface area contributed by atoms with Gasteiger partial charge in [0, 0.05) is 37.3 Å². The molecule has 30 heavy (non-hydrogen) atoms. The highest BCUT2D eigenvalue weighted by molar-refractivity contribution is 5.91. The van der Waals surface area contributed by atoms with Crippen molar-refractivity contribution in [3.05, 3.63) is 12.2 Å². The molecule has 2 unspecified atom stereocenters. The molecule has 0 aliphatic heterocycles. The Morgan fingerprint density at radius 3 is 1.37 bits per heavy atom. The van der Waals surface area contributed by atoms with E-state index in [-0.39, 0.29) is 0 Å². The van der Waals surface area contributed by atoms with Crippen LogP contribution in [0.2, 0.25) is 0 Å². The van der Waals surface area contributed by atoms with Crippen molar-refractivity contribution in [1.82, 2.24) is 9.80 Å². The minimum Gasteiger partial charge on any atom is -0.462 e. The third kappa shape index (κ3) is 13.8. The van der Waals surface area contributed by atoms with Crippen molar-refractivity contribution in [2.45, 2.75) is 92.2 Å². The largest absolute Gasteiger partial charge is 0.462 e. The number of rotatable bonds is 18. The van der Waals surface area contributed by atoms with E-state index >= 15 is 0 Å². The molecule has 0 aliphatic rings. The molecule has 0 amide bonds. The summed E-state index contributed by atoms with van der Waals surface area (Å²) in [5, 5.41) is 0. The van der Waals surface area contributed by atoms with Crippen molar-refractivity contribution in [2.75, 3.05) is 39.4 Å². The van der Waals surface area contributed by atoms with Crippen LogP contribution in [0, 0.1) is 0 Å². The number of ether oxygens (including phenoxy) is 2. The summed E-state index contributed by atoms with van der Waals surface area (Å²) < 4.78 is 10.4. The molecule has 176 valence electrons. The molecule has 2 atom stereocenters. The van der Waals surface area contributed by atoms with Gasteiger partial charge in [-0.05, 0) is 65.5 Å². The quantitative estimate of drug-likeness (QED) is 0.184. The summed E-state index contributed by atoms with van der Waals surface area (Å²) >= 11 is 0. The summed E-state index contributed by atoms with van der Waals surface area (Å²) in [6.07, 6.45) is 8.34. The van der Waals surface area contributed by atoms with Crippen LogP contribution < -0.4 is 0 Å². The van der Waals surface area contributed by atoms with Crippen LogP contribution in [0.4, 0.5) is 0 Å². The van der Waals surface area contributed by atoms with Crippen molar-refractivity contribution in [3.8, 4) is 0 Å². The Morgan fingerprint density at radius 2 is 1.07 bits per heavy atom. The number of nitrogens with zero attached hydrogens (tertiary/aromatic N) is 2. The molecular formula is C24H46N2O4. The zero-order chi connectivity index (χ0) is 22.8. The zero-order valence-electron chi connectivity index (χ0n) is 20.3. The lowest BCUT2D eigenvalue weighted by atomic mass is 10.2. The highest BCUT2D eigenvalue weighted by Gasteiger charge is 2.12. The van der Waals surface area contributed by atoms with E-state index in [1.54, 1.807) is 0 Å². The van der Waals surface area contributed by atoms with Crippen LogP contribution in [0.25, 0.3) is 0 Å². The van der Waals surface area contributed by atoms with Crippen LogP contribution in [-0.4, -0.2) is 73.2 Å². The minimum absolute atomic E-state index is 0.359. The molecule has 0 rings (SSSR count). The topological polar surface area (TPSA) is 59.1 Å². The molecular weight excluding hydrogens is 380 g/mol. The van der Waals surface area contributed by atoms with Crippen LogP contribution in [0.3, 0.4) is 0 Å². The minimum atomic E-state index is -0.497. The van der Waals surface area contributed by atoms with E-state index in [4.69, 9.17) is 9.47 Å². The van der Waals surface area contributed by atoms with Gasteiger partial charge in [0.25, 0.3) is 0 Å². The fourth-order valence-corrected chi connectivity index (χ4v) is 3.31. The molecule has 0 fully saturated rings. The second kappa shape index (κ2) is 18.4. The van der Waals surface area contributed by atoms with Gasteiger partial charge in [-0.15, -0.1) is 0 Å². The maximum Gasteiger partial charge on any atom is 0.331 e. The highest BCUT2D eigenvalue weighted by atomic mass is 16.5. The van der Waals surface area contributed by atoms with Crippen molar-refractivity contribution in [3.63, 3.8) is 0 Å². The van der Waals surface area contributed by atoms with Crippen LogP contribution in [-0.2, 0) is 19.1 Å². The summed E-state index contributed by atoms with van der Waals surface area (Å²) in [6, 6.07) is 1.07. The van der Waals surface area contributed by atoms with E-state index in [1.165, 1.54) is 0 Å². The molecule has 0 saturated heterocycles. The van der Waals surface area contributed by atoms with Gasteiger partial charge in [-0.3, -0.25) is 0 Å². The first-order valence-corrected chi connectivity index (χ1v) is 11.9. The fraction of sp³-hybridized carbons (Fsp3) is 0.833. The maximum absolute atomic E-state index is 11.8. The fourth-order valence-electron chi connectivity index (χ4n) is 3.31. The lowest BCUT2D eigenvalue weighted by molar-refractivity contribution is -0.140. The van der Waals surface area contributed by atoms with E-state index in [2.05, 4.69) is 51.3 Å². The lowest BCUT2D eigenvalue weighted by Crippen LogP contribution is -2.34. The summed E-state index contributed by atoms with van der Waals surface area (Å²) in [4.78, 5) is 28.4. The molecule has 0 heterocycles. The molecule has 0 saturated carbocycles. The van der Waals surface area contributed by atoms with Gasteiger partial charge in [-0.25, -0.2) is 9.59 Å². The van der Waals surface area contributed by atoms with Crippen molar-refractivity contribution >= 4 is 11.9 Å². The smallest absolute Gasteiger partial charge is 0.331 e. The van der Waals surface area contributed by atoms with Crippen molar-refractivity contribution in [2.24, 2.45) is 0 Å². The third-order valence-electron chi connectivity index (χ3n) is 5.47. The van der Waals surface area contributed by atoms with Gasteiger partial charge < -0.3 is 19.3 Å². The molecule has 0 aromatic rings. The van der Waals surface area contributed by atoms with Gasteiger partial charge in [-0.1, -0.05) is 27.7 Å². The van der Waals surface area contributed by atoms with Gasteiger partial charge in [-0.2, -0.15) is 0 Å². The Morgan fingerprint density at radius 1 is 0.700 bits per heavy atom. The molecule has 0 bridgehead atoms. The predicted molar refractivity (Wildman–Crippen MR) is 124 cm³/mol. The lowest BCUT2D eigenvalue weighted by Gasteiger charge is -2.27. The Hall–Kier alpha value is -1.40. The van der Waals surface area contributed by atoms with E-state index in [9.17, 15) is 9.59 Å². The van der Waals surface area contributed by atoms with Crippen LogP contribution >= 0.6 is 0 Å². The highest BCUT2D eigenvalue weighted by Crippen LogP contribution is 2.06. The van der Waals surface area contributed by atoms with Gasteiger partial charge in [0.05, 0.1) is 13.2 Å². The normalized spacial score (nSPS) is 13.7. The molecule has 6 heteroatoms. The predicted octanol–water partition coefficient (Wildman–Crippen LogP) is 4.43. The summed E-state index contributed by atoms with van der Waals surface area (Å²) in [5.41, 5.74) is 0. The van der Waals surface area contributed by atoms with E-state index in [1.807, 2.05) is 0 Å². The van der Waals surface area contributed by atoms with Crippen LogP contribution in [0.1, 0.15) is 80.1 Å². The van der Waals surface area contributed by atoms with Crippen molar-refractivity contribution in [1.29, 1.82) is 0 Å². The van der Waals surface area contributed by atoms with Gasteiger partial charge in [0.2, 0.25) is 0 Å². The van der Waals surface area contributed by atoms with E-state index < -0.39 is 11.9 Å². The van der Waals surface area contributed by atoms with Gasteiger partial charge >= 0.3 is 11.9 Å². The zero-order valence-corrected chi connectivity index (χ0v) is 20.3. The van der Waals surface area contributed by atoms with E-state index in [0.29, 0.717) is 25.3 Å². The first kappa shape index (κ1) is 28.6. The summed E-state index contributed by atoms with van der Waals surface area (Å²) in [5.74, 6) is -0.994. The summed E-state index contributed by atoms with van der Waals surface area (Å²) in [6.45, 7) is 17.8. The summed E-state index contributed by atoms with van der Waals surface area (Å²) in [7, 11) is 0. The molecule has 0 aliphatic carbocycles. The van der Waals surface area contributed by atoms with E-state index in [0.717, 1.165) is 76.9 Å². The molecule has 0 radical (unpaired) electrons. The average molecular weight is 427 g/mol. The molecule has 6 nitrogen and oxygen atoms in total. The standard InChI is InChI=1S/C24H46N2O4/c1-7-15-25(21(5)9-3)17-11-19-29-23(27)13-14-24(28)30-20-12-18-26(16-8-2)22(6)10-4/h13-14,21-22H,7-12,15-20H2,1-6H3/b14-13-. The molecule has 0 spiro atoms.